The number of rotatable bonds is 8. The second-order valence-electron chi connectivity index (χ2n) is 7.54. The molecule has 0 aromatic carbocycles. The van der Waals surface area contributed by atoms with Crippen LogP contribution < -0.4 is 11.1 Å². The van der Waals surface area contributed by atoms with Crippen molar-refractivity contribution in [2.75, 3.05) is 59.0 Å². The number of thiazole rings is 1. The summed E-state index contributed by atoms with van der Waals surface area (Å²) in [6.07, 6.45) is 3.47. The van der Waals surface area contributed by atoms with Crippen LogP contribution in [0.3, 0.4) is 0 Å². The summed E-state index contributed by atoms with van der Waals surface area (Å²) in [7, 11) is 0. The maximum Gasteiger partial charge on any atom is 0.188 e. The number of ether oxygens (including phenoxy) is 1. The van der Waals surface area contributed by atoms with Gasteiger partial charge in [0, 0.05) is 38.1 Å². The van der Waals surface area contributed by atoms with Crippen LogP contribution >= 0.6 is 35.3 Å². The number of aromatic nitrogens is 1. The third kappa shape index (κ3) is 8.48. The molecular formula is C19H35IN6OS. The molecule has 160 valence electrons. The molecule has 28 heavy (non-hydrogen) atoms. The molecule has 3 rings (SSSR count). The van der Waals surface area contributed by atoms with Crippen LogP contribution in [0.2, 0.25) is 0 Å². The number of piperidine rings is 1. The zero-order valence-electron chi connectivity index (χ0n) is 16.9. The highest BCUT2D eigenvalue weighted by molar-refractivity contribution is 14.0. The smallest absolute Gasteiger partial charge is 0.188 e. The molecule has 0 amide bonds. The molecule has 0 unspecified atom stereocenters. The number of likely N-dealkylation sites (tertiary alicyclic amines) is 1. The van der Waals surface area contributed by atoms with Gasteiger partial charge < -0.3 is 15.8 Å². The largest absolute Gasteiger partial charge is 0.379 e. The van der Waals surface area contributed by atoms with Gasteiger partial charge in [-0.1, -0.05) is 0 Å². The molecule has 0 spiro atoms. The van der Waals surface area contributed by atoms with Crippen LogP contribution in [0.5, 0.6) is 0 Å². The Morgan fingerprint density at radius 1 is 1.29 bits per heavy atom. The van der Waals surface area contributed by atoms with Gasteiger partial charge in [-0.25, -0.2) is 4.98 Å². The Balaban J connectivity index is 0.00000280. The fourth-order valence-corrected chi connectivity index (χ4v) is 4.27. The van der Waals surface area contributed by atoms with Crippen LogP contribution in [-0.2, 0) is 11.3 Å². The fourth-order valence-electron chi connectivity index (χ4n) is 3.66. The van der Waals surface area contributed by atoms with E-state index in [9.17, 15) is 0 Å². The number of halogens is 1. The molecule has 1 aromatic rings. The molecular weight excluding hydrogens is 487 g/mol. The van der Waals surface area contributed by atoms with Crippen molar-refractivity contribution in [3.8, 4) is 0 Å². The van der Waals surface area contributed by atoms with E-state index in [1.165, 1.54) is 18.5 Å². The highest BCUT2D eigenvalue weighted by Gasteiger charge is 2.19. The number of morpholine rings is 1. The number of aliphatic imine (C=N–C) groups is 1. The second-order valence-corrected chi connectivity index (χ2v) is 8.60. The van der Waals surface area contributed by atoms with E-state index in [2.05, 4.69) is 37.4 Å². The van der Waals surface area contributed by atoms with Crippen molar-refractivity contribution in [2.24, 2.45) is 16.6 Å². The predicted octanol–water partition coefficient (Wildman–Crippen LogP) is 1.91. The van der Waals surface area contributed by atoms with E-state index < -0.39 is 0 Å². The molecule has 3 N–H and O–H groups in total. The van der Waals surface area contributed by atoms with Crippen molar-refractivity contribution in [2.45, 2.75) is 32.7 Å². The van der Waals surface area contributed by atoms with E-state index >= 15 is 0 Å². The minimum atomic E-state index is 0. The Kier molecular flexibility index (Phi) is 11.0. The van der Waals surface area contributed by atoms with Gasteiger partial charge in [0.05, 0.1) is 23.9 Å². The lowest BCUT2D eigenvalue weighted by atomic mass is 9.97. The molecule has 2 aliphatic rings. The third-order valence-electron chi connectivity index (χ3n) is 5.34. The van der Waals surface area contributed by atoms with Gasteiger partial charge in [-0.2, -0.15) is 0 Å². The van der Waals surface area contributed by atoms with E-state index in [1.54, 1.807) is 11.3 Å². The first-order valence-electron chi connectivity index (χ1n) is 10.2. The van der Waals surface area contributed by atoms with E-state index in [0.29, 0.717) is 11.9 Å². The van der Waals surface area contributed by atoms with Gasteiger partial charge in [-0.15, -0.1) is 35.3 Å². The normalized spacial score (nSPS) is 20.1. The molecule has 9 heteroatoms. The molecule has 0 radical (unpaired) electrons. The van der Waals surface area contributed by atoms with E-state index in [-0.39, 0.29) is 24.0 Å². The summed E-state index contributed by atoms with van der Waals surface area (Å²) in [5.41, 5.74) is 7.24. The number of nitrogens with zero attached hydrogens (tertiary/aromatic N) is 4. The highest BCUT2D eigenvalue weighted by atomic mass is 127. The summed E-state index contributed by atoms with van der Waals surface area (Å²) in [5, 5.41) is 6.59. The Hall–Kier alpha value is -0.490. The van der Waals surface area contributed by atoms with Crippen LogP contribution in [0.15, 0.2) is 10.4 Å². The van der Waals surface area contributed by atoms with Gasteiger partial charge in [0.2, 0.25) is 0 Å². The quantitative estimate of drug-likeness (QED) is 0.235. The van der Waals surface area contributed by atoms with Crippen molar-refractivity contribution in [3.63, 3.8) is 0 Å². The van der Waals surface area contributed by atoms with E-state index in [1.807, 2.05) is 0 Å². The van der Waals surface area contributed by atoms with Crippen LogP contribution in [0, 0.1) is 12.8 Å². The van der Waals surface area contributed by atoms with Crippen LogP contribution in [0.25, 0.3) is 0 Å². The first-order chi connectivity index (χ1) is 13.2. The first kappa shape index (κ1) is 23.8. The second kappa shape index (κ2) is 12.9. The average Bonchev–Trinajstić information content (AvgIpc) is 3.10. The van der Waals surface area contributed by atoms with Gasteiger partial charge in [0.1, 0.15) is 0 Å². The maximum absolute atomic E-state index is 6.03. The molecule has 7 nitrogen and oxygen atoms in total. The average molecular weight is 523 g/mol. The summed E-state index contributed by atoms with van der Waals surface area (Å²) in [6.45, 7) is 11.9. The topological polar surface area (TPSA) is 79.0 Å². The first-order valence-corrected chi connectivity index (χ1v) is 11.0. The van der Waals surface area contributed by atoms with Crippen LogP contribution in [0.1, 0.15) is 30.0 Å². The summed E-state index contributed by atoms with van der Waals surface area (Å²) in [4.78, 5) is 14.1. The molecule has 0 bridgehead atoms. The maximum atomic E-state index is 6.03. The Morgan fingerprint density at radius 3 is 2.71 bits per heavy atom. The molecule has 2 aliphatic heterocycles. The Labute approximate surface area is 190 Å². The summed E-state index contributed by atoms with van der Waals surface area (Å²) >= 11 is 1.74. The zero-order valence-corrected chi connectivity index (χ0v) is 20.1. The molecule has 3 heterocycles. The highest BCUT2D eigenvalue weighted by Crippen LogP contribution is 2.20. The standard InChI is InChI=1S/C19H34N6OS.HI/c1-16-23-18(15-27-16)14-25-7-3-17(4-8-25)13-22-19(20)21-5-2-6-24-9-11-26-12-10-24;/h15,17H,2-14H2,1H3,(H3,20,21,22);1H. The van der Waals surface area contributed by atoms with Crippen molar-refractivity contribution in [3.05, 3.63) is 16.1 Å². The van der Waals surface area contributed by atoms with Crippen molar-refractivity contribution >= 4 is 41.3 Å². The molecule has 0 saturated carbocycles. The van der Waals surface area contributed by atoms with Crippen LogP contribution in [0.4, 0.5) is 0 Å². The number of guanidine groups is 1. The summed E-state index contributed by atoms with van der Waals surface area (Å²) < 4.78 is 5.37. The minimum Gasteiger partial charge on any atom is -0.379 e. The lowest BCUT2D eigenvalue weighted by molar-refractivity contribution is 0.0376. The fraction of sp³-hybridized carbons (Fsp3) is 0.789. The number of nitrogens with two attached hydrogens (primary N) is 1. The predicted molar refractivity (Wildman–Crippen MR) is 127 cm³/mol. The third-order valence-corrected chi connectivity index (χ3v) is 6.16. The van der Waals surface area contributed by atoms with Crippen molar-refractivity contribution in [1.29, 1.82) is 0 Å². The molecule has 0 aliphatic carbocycles. The molecule has 2 fully saturated rings. The minimum absolute atomic E-state index is 0. The number of nitrogens with one attached hydrogen (secondary N) is 1. The lowest BCUT2D eigenvalue weighted by Crippen LogP contribution is -2.39. The Bertz CT molecular complexity index is 585. The number of aryl methyl sites for hydroxylation is 1. The van der Waals surface area contributed by atoms with Gasteiger partial charge >= 0.3 is 0 Å². The van der Waals surface area contributed by atoms with E-state index in [4.69, 9.17) is 10.5 Å². The van der Waals surface area contributed by atoms with Crippen molar-refractivity contribution < 1.29 is 4.74 Å². The Morgan fingerprint density at radius 2 is 2.04 bits per heavy atom. The van der Waals surface area contributed by atoms with Crippen LogP contribution in [-0.4, -0.2) is 79.8 Å². The monoisotopic (exact) mass is 522 g/mol. The lowest BCUT2D eigenvalue weighted by Gasteiger charge is -2.30. The van der Waals surface area contributed by atoms with Gasteiger partial charge in [0.15, 0.2) is 5.96 Å². The van der Waals surface area contributed by atoms with E-state index in [0.717, 1.165) is 77.0 Å². The summed E-state index contributed by atoms with van der Waals surface area (Å²) in [6, 6.07) is 0. The summed E-state index contributed by atoms with van der Waals surface area (Å²) in [5.74, 6) is 1.24. The number of hydrogen-bond acceptors (Lipinski definition) is 6. The number of hydrogen-bond donors (Lipinski definition) is 2. The van der Waals surface area contributed by atoms with Crippen molar-refractivity contribution in [1.82, 2.24) is 20.1 Å². The van der Waals surface area contributed by atoms with Gasteiger partial charge in [-0.3, -0.25) is 14.8 Å². The SMILES string of the molecule is Cc1nc(CN2CCC(CN=C(N)NCCCN3CCOCC3)CC2)cs1.I. The van der Waals surface area contributed by atoms with Gasteiger partial charge in [0.25, 0.3) is 0 Å². The molecule has 1 aromatic heterocycles. The molecule has 0 atom stereocenters. The zero-order chi connectivity index (χ0) is 18.9. The molecule has 2 saturated heterocycles. The van der Waals surface area contributed by atoms with Gasteiger partial charge in [-0.05, 0) is 51.7 Å².